The van der Waals surface area contributed by atoms with Gasteiger partial charge in [0.15, 0.2) is 6.04 Å². The number of carboxylic acids is 1. The molecule has 5 rings (SSSR count). The first kappa shape index (κ1) is 34.2. The van der Waals surface area contributed by atoms with E-state index in [2.05, 4.69) is 10.2 Å². The molecule has 11 heteroatoms. The Labute approximate surface area is 286 Å². The van der Waals surface area contributed by atoms with E-state index in [4.69, 9.17) is 39.8 Å². The predicted octanol–water partition coefficient (Wildman–Crippen LogP) is 8.83. The number of benzene rings is 3. The van der Waals surface area contributed by atoms with Crippen molar-refractivity contribution in [1.82, 2.24) is 4.90 Å². The Balaban J connectivity index is 0.00000442. The molecule has 2 atom stereocenters. The van der Waals surface area contributed by atoms with E-state index in [9.17, 15) is 14.7 Å². The normalized spacial score (nSPS) is 17.6. The van der Waals surface area contributed by atoms with Gasteiger partial charge in [0.25, 0.3) is 0 Å². The molecule has 0 bridgehead atoms. The second-order valence-corrected chi connectivity index (χ2v) is 12.7. The van der Waals surface area contributed by atoms with Gasteiger partial charge in [-0.15, -0.1) is 5.69 Å². The van der Waals surface area contributed by atoms with E-state index in [0.717, 1.165) is 24.1 Å². The van der Waals surface area contributed by atoms with Crippen LogP contribution in [0.4, 0.5) is 5.69 Å². The van der Waals surface area contributed by atoms with Crippen LogP contribution in [0.2, 0.25) is 15.1 Å². The van der Waals surface area contributed by atoms with E-state index in [-0.39, 0.29) is 28.8 Å². The molecule has 44 heavy (non-hydrogen) atoms. The topological polar surface area (TPSA) is 84.1 Å². The third kappa shape index (κ3) is 7.92. The molecule has 6 nitrogen and oxygen atoms in total. The maximum atomic E-state index is 14.0. The molecule has 0 saturated carbocycles. The second-order valence-electron chi connectivity index (χ2n) is 10.7. The molecule has 1 N–H and O–H groups in total. The Kier molecular flexibility index (Phi) is 11.7. The van der Waals surface area contributed by atoms with E-state index < -0.39 is 17.6 Å². The van der Waals surface area contributed by atoms with E-state index >= 15 is 0 Å². The Bertz CT molecular complexity index is 1650. The number of rotatable bonds is 10. The number of amides is 1. The zero-order valence-electron chi connectivity index (χ0n) is 23.7. The number of aliphatic imine (C=N–C) groups is 1. The number of carbonyl (C=O) groups is 2. The van der Waals surface area contributed by atoms with Crippen LogP contribution in [0, 0.1) is 0 Å². The van der Waals surface area contributed by atoms with Gasteiger partial charge in [0.1, 0.15) is 0 Å². The van der Waals surface area contributed by atoms with Crippen LogP contribution in [-0.2, 0) is 39.0 Å². The van der Waals surface area contributed by atoms with Gasteiger partial charge in [0.05, 0.1) is 27.2 Å². The molecular weight excluding hydrogens is 684 g/mol. The summed E-state index contributed by atoms with van der Waals surface area (Å²) < 4.78 is 0. The van der Waals surface area contributed by atoms with E-state index in [0.29, 0.717) is 50.6 Å². The fourth-order valence-electron chi connectivity index (χ4n) is 5.27. The van der Waals surface area contributed by atoms with Crippen LogP contribution in [-0.4, -0.2) is 45.7 Å². The van der Waals surface area contributed by atoms with Gasteiger partial charge in [0.2, 0.25) is 0 Å². The maximum Gasteiger partial charge on any atom is 0.328 e. The number of aliphatic carboxylic acids is 1. The minimum atomic E-state index is -1.05. The summed E-state index contributed by atoms with van der Waals surface area (Å²) in [5.41, 5.74) is 2.94. The molecule has 4 aromatic rings. The van der Waals surface area contributed by atoms with Crippen LogP contribution in [0.25, 0.3) is 5.32 Å². The Hall–Kier alpha value is -2.71. The van der Waals surface area contributed by atoms with Crippen molar-refractivity contribution in [3.8, 4) is 0 Å². The summed E-state index contributed by atoms with van der Waals surface area (Å²) in [6, 6.07) is 20.6. The molecule has 0 spiro atoms. The number of likely N-dealkylation sites (tertiary alicyclic amines) is 1. The quantitative estimate of drug-likeness (QED) is 0.132. The van der Waals surface area contributed by atoms with Crippen molar-refractivity contribution >= 4 is 69.4 Å². The minimum absolute atomic E-state index is 0. The fraction of sp³-hybridized carbons (Fsp3) is 0.242. The Morgan fingerprint density at radius 3 is 2.48 bits per heavy atom. The molecule has 1 amide bonds. The fourth-order valence-corrected chi connectivity index (χ4v) is 6.44. The zero-order chi connectivity index (χ0) is 30.6. The van der Waals surface area contributed by atoms with Crippen LogP contribution in [0.15, 0.2) is 88.5 Å². The number of carboxylic acid groups (broad SMARTS) is 1. The van der Waals surface area contributed by atoms with E-state index in [1.165, 1.54) is 11.3 Å². The molecule has 1 aliphatic heterocycles. The summed E-state index contributed by atoms with van der Waals surface area (Å²) in [5.74, 6) is -1.35. The molecule has 1 aromatic heterocycles. The molecule has 0 radical (unpaired) electrons. The van der Waals surface area contributed by atoms with Crippen molar-refractivity contribution < 1.29 is 31.2 Å². The summed E-state index contributed by atoms with van der Waals surface area (Å²) in [5, 5.41) is 19.9. The van der Waals surface area contributed by atoms with Gasteiger partial charge in [-0.1, -0.05) is 77.3 Å². The average Bonchev–Trinajstić information content (AvgIpc) is 3.64. The van der Waals surface area contributed by atoms with Crippen molar-refractivity contribution in [2.45, 2.75) is 44.3 Å². The molecule has 232 valence electrons. The smallest absolute Gasteiger partial charge is 0.328 e. The van der Waals surface area contributed by atoms with Gasteiger partial charge < -0.3 is 15.2 Å². The van der Waals surface area contributed by atoms with Crippen molar-refractivity contribution in [2.75, 3.05) is 6.54 Å². The number of halogens is 3. The van der Waals surface area contributed by atoms with Gasteiger partial charge in [-0.3, -0.25) is 9.89 Å². The first-order valence-corrected chi connectivity index (χ1v) is 15.8. The molecule has 1 fully saturated rings. The van der Waals surface area contributed by atoms with Gasteiger partial charge >= 0.3 is 5.97 Å². The average molecular weight is 713 g/mol. The SMILES string of the molecule is C[C@@]1(C(=O)[N-]c2ccc(Cl)cc2C(=N[C@H](Cc2ccsc2)C(=O)O)c2ccccc2)CCCN1Cc1ccc(Cl)c(Cl)c1.[Ni]. The first-order chi connectivity index (χ1) is 20.6. The summed E-state index contributed by atoms with van der Waals surface area (Å²) >= 11 is 20.3. The van der Waals surface area contributed by atoms with Gasteiger partial charge in [-0.25, -0.2) is 4.79 Å². The molecule has 0 aliphatic carbocycles. The number of thiophene rings is 1. The summed E-state index contributed by atoms with van der Waals surface area (Å²) in [7, 11) is 0. The van der Waals surface area contributed by atoms with Crippen molar-refractivity contribution in [3.05, 3.63) is 126 Å². The van der Waals surface area contributed by atoms with Crippen LogP contribution in [0.3, 0.4) is 0 Å². The number of nitrogens with zero attached hydrogens (tertiary/aromatic N) is 3. The largest absolute Gasteiger partial charge is 0.625 e. The van der Waals surface area contributed by atoms with Gasteiger partial charge in [-0.05, 0) is 84.1 Å². The number of carbonyl (C=O) groups excluding carboxylic acids is 1. The monoisotopic (exact) mass is 710 g/mol. The Morgan fingerprint density at radius 1 is 1.02 bits per heavy atom. The summed E-state index contributed by atoms with van der Waals surface area (Å²) in [4.78, 5) is 33.2. The van der Waals surface area contributed by atoms with Crippen molar-refractivity contribution in [3.63, 3.8) is 0 Å². The molecule has 1 aliphatic rings. The molecule has 0 unspecified atom stereocenters. The third-order valence-corrected chi connectivity index (χ3v) is 9.38. The van der Waals surface area contributed by atoms with Crippen LogP contribution in [0.5, 0.6) is 0 Å². The van der Waals surface area contributed by atoms with Crippen LogP contribution < -0.4 is 0 Å². The van der Waals surface area contributed by atoms with Crippen molar-refractivity contribution in [1.29, 1.82) is 0 Å². The van der Waals surface area contributed by atoms with Crippen molar-refractivity contribution in [2.24, 2.45) is 4.99 Å². The van der Waals surface area contributed by atoms with E-state index in [1.54, 1.807) is 24.3 Å². The predicted molar refractivity (Wildman–Crippen MR) is 176 cm³/mol. The summed E-state index contributed by atoms with van der Waals surface area (Å²) in [6.45, 7) is 3.15. The van der Waals surface area contributed by atoms with Crippen LogP contribution >= 0.6 is 46.1 Å². The van der Waals surface area contributed by atoms with E-state index in [1.807, 2.05) is 66.2 Å². The third-order valence-electron chi connectivity index (χ3n) is 7.67. The standard InChI is InChI=1S/C33H30Cl3N3O3S.Ni/c1-33(13-5-14-39(33)19-21-8-10-26(35)27(36)16-21)32(42)38-28-11-9-24(34)18-25(28)30(23-6-3-2-4-7-23)37-29(31(40)41)17-22-12-15-43-20-22;/h2-4,6-12,15-16,18,20,29H,5,13-14,17,19H2,1H3,(H2,37,38,40,41,42);/p-1/t29-,33+;/m1./s1. The number of hydrogen-bond acceptors (Lipinski definition) is 5. The zero-order valence-corrected chi connectivity index (χ0v) is 27.7. The second kappa shape index (κ2) is 15.1. The maximum absolute atomic E-state index is 14.0. The van der Waals surface area contributed by atoms with Gasteiger partial charge in [0, 0.05) is 40.0 Å². The first-order valence-electron chi connectivity index (χ1n) is 13.8. The molecular formula is C33H29Cl3N3NiO3S-. The molecule has 1 saturated heterocycles. The molecule has 3 aromatic carbocycles. The number of hydrogen-bond donors (Lipinski definition) is 1. The molecule has 2 heterocycles. The van der Waals surface area contributed by atoms with Gasteiger partial charge in [-0.2, -0.15) is 11.3 Å². The Morgan fingerprint density at radius 2 is 1.80 bits per heavy atom. The summed E-state index contributed by atoms with van der Waals surface area (Å²) in [6.07, 6.45) is 1.70. The van der Waals surface area contributed by atoms with Crippen LogP contribution in [0.1, 0.15) is 42.0 Å². The minimum Gasteiger partial charge on any atom is -0.625 e.